The highest BCUT2D eigenvalue weighted by atomic mass is 16.5. The van der Waals surface area contributed by atoms with Gasteiger partial charge in [-0.05, 0) is 25.2 Å². The fourth-order valence-electron chi connectivity index (χ4n) is 3.16. The van der Waals surface area contributed by atoms with E-state index in [9.17, 15) is 0 Å². The fourth-order valence-corrected chi connectivity index (χ4v) is 3.16. The summed E-state index contributed by atoms with van der Waals surface area (Å²) in [5.74, 6) is 1.84. The molecule has 4 nitrogen and oxygen atoms in total. The van der Waals surface area contributed by atoms with Gasteiger partial charge < -0.3 is 14.6 Å². The summed E-state index contributed by atoms with van der Waals surface area (Å²) in [6.07, 6.45) is 11.7. The summed E-state index contributed by atoms with van der Waals surface area (Å²) in [5.41, 5.74) is 0. The minimum Gasteiger partial charge on any atom is -0.385 e. The van der Waals surface area contributed by atoms with Crippen LogP contribution in [0.1, 0.15) is 51.5 Å². The number of rotatable bonds is 7. The zero-order chi connectivity index (χ0) is 13.5. The molecule has 0 spiro atoms. The molecule has 1 fully saturated rings. The molecule has 19 heavy (non-hydrogen) atoms. The number of aromatic nitrogens is 2. The van der Waals surface area contributed by atoms with Crippen molar-refractivity contribution in [1.82, 2.24) is 9.55 Å². The number of nitrogens with one attached hydrogen (secondary N) is 1. The van der Waals surface area contributed by atoms with Crippen molar-refractivity contribution < 1.29 is 4.74 Å². The Morgan fingerprint density at radius 1 is 1.42 bits per heavy atom. The lowest BCUT2D eigenvalue weighted by atomic mass is 9.83. The van der Waals surface area contributed by atoms with Crippen LogP contribution >= 0.6 is 0 Å². The van der Waals surface area contributed by atoms with Crippen molar-refractivity contribution >= 4 is 5.95 Å². The van der Waals surface area contributed by atoms with Gasteiger partial charge in [-0.3, -0.25) is 0 Å². The van der Waals surface area contributed by atoms with E-state index in [4.69, 9.17) is 4.74 Å². The van der Waals surface area contributed by atoms with Crippen molar-refractivity contribution in [3.05, 3.63) is 12.4 Å². The number of imidazole rings is 1. The zero-order valence-electron chi connectivity index (χ0n) is 12.3. The summed E-state index contributed by atoms with van der Waals surface area (Å²) in [5, 5.41) is 3.44. The van der Waals surface area contributed by atoms with E-state index >= 15 is 0 Å². The quantitative estimate of drug-likeness (QED) is 0.767. The van der Waals surface area contributed by atoms with E-state index < -0.39 is 0 Å². The Morgan fingerprint density at radius 2 is 2.26 bits per heavy atom. The first kappa shape index (κ1) is 14.4. The maximum Gasteiger partial charge on any atom is 0.203 e. The van der Waals surface area contributed by atoms with Crippen molar-refractivity contribution in [1.29, 1.82) is 0 Å². The summed E-state index contributed by atoms with van der Waals surface area (Å²) in [7, 11) is 1.74. The number of hydrogen-bond acceptors (Lipinski definition) is 3. The van der Waals surface area contributed by atoms with E-state index in [1.54, 1.807) is 7.11 Å². The Labute approximate surface area is 116 Å². The minimum atomic E-state index is 0.631. The Bertz CT molecular complexity index is 364. The molecule has 1 heterocycles. The van der Waals surface area contributed by atoms with E-state index in [1.807, 2.05) is 6.20 Å². The third-order valence-electron chi connectivity index (χ3n) is 4.23. The summed E-state index contributed by atoms with van der Waals surface area (Å²) < 4.78 is 7.44. The number of hydrogen-bond donors (Lipinski definition) is 1. The van der Waals surface area contributed by atoms with Crippen LogP contribution in [0.2, 0.25) is 0 Å². The van der Waals surface area contributed by atoms with Gasteiger partial charge in [-0.15, -0.1) is 0 Å². The van der Waals surface area contributed by atoms with E-state index in [2.05, 4.69) is 28.0 Å². The Balaban J connectivity index is 1.97. The van der Waals surface area contributed by atoms with Crippen LogP contribution in [0.25, 0.3) is 0 Å². The fraction of sp³-hybridized carbons (Fsp3) is 0.800. The third kappa shape index (κ3) is 3.72. The van der Waals surface area contributed by atoms with Crippen LogP contribution in [0.15, 0.2) is 12.4 Å². The molecule has 0 aromatic carbocycles. The molecule has 1 saturated carbocycles. The average molecular weight is 265 g/mol. The number of ether oxygens (including phenoxy) is 1. The lowest BCUT2D eigenvalue weighted by Crippen LogP contribution is -2.24. The lowest BCUT2D eigenvalue weighted by Gasteiger charge is -2.32. The summed E-state index contributed by atoms with van der Waals surface area (Å²) in [6.45, 7) is 4.04. The highest BCUT2D eigenvalue weighted by Crippen LogP contribution is 2.37. The molecule has 0 aliphatic heterocycles. The second-order valence-electron chi connectivity index (χ2n) is 5.45. The SMILES string of the molecule is CCC1CCCCC1n1ccnc1NCCCOC. The monoisotopic (exact) mass is 265 g/mol. The molecule has 1 N–H and O–H groups in total. The standard InChI is InChI=1S/C15H27N3O/c1-3-13-7-4-5-8-14(13)18-11-10-17-15(18)16-9-6-12-19-2/h10-11,13-14H,3-9,12H2,1-2H3,(H,16,17). The molecule has 0 radical (unpaired) electrons. The Hall–Kier alpha value is -1.03. The molecule has 4 heteroatoms. The van der Waals surface area contributed by atoms with Gasteiger partial charge in [0.2, 0.25) is 5.95 Å². The molecular formula is C15H27N3O. The highest BCUT2D eigenvalue weighted by molar-refractivity contribution is 5.26. The zero-order valence-corrected chi connectivity index (χ0v) is 12.3. The van der Waals surface area contributed by atoms with Gasteiger partial charge in [0, 0.05) is 38.7 Å². The predicted octanol–water partition coefficient (Wildman–Crippen LogP) is 3.47. The van der Waals surface area contributed by atoms with Crippen molar-refractivity contribution in [2.24, 2.45) is 5.92 Å². The molecule has 0 amide bonds. The second kappa shape index (κ2) is 7.53. The molecule has 1 aromatic heterocycles. The van der Waals surface area contributed by atoms with Gasteiger partial charge in [0.1, 0.15) is 0 Å². The normalized spacial score (nSPS) is 23.5. The van der Waals surface area contributed by atoms with Crippen molar-refractivity contribution in [3.63, 3.8) is 0 Å². The number of anilines is 1. The van der Waals surface area contributed by atoms with Crippen LogP contribution in [0.3, 0.4) is 0 Å². The van der Waals surface area contributed by atoms with E-state index in [0.29, 0.717) is 6.04 Å². The Morgan fingerprint density at radius 3 is 3.05 bits per heavy atom. The third-order valence-corrected chi connectivity index (χ3v) is 4.23. The van der Waals surface area contributed by atoms with Crippen LogP contribution in [0.4, 0.5) is 5.95 Å². The second-order valence-corrected chi connectivity index (χ2v) is 5.45. The molecule has 1 aromatic rings. The van der Waals surface area contributed by atoms with Crippen LogP contribution in [-0.2, 0) is 4.74 Å². The van der Waals surface area contributed by atoms with Crippen molar-refractivity contribution in [3.8, 4) is 0 Å². The minimum absolute atomic E-state index is 0.631. The van der Waals surface area contributed by atoms with Crippen LogP contribution in [-0.4, -0.2) is 29.8 Å². The highest BCUT2D eigenvalue weighted by Gasteiger charge is 2.26. The smallest absolute Gasteiger partial charge is 0.203 e. The van der Waals surface area contributed by atoms with Gasteiger partial charge in [-0.25, -0.2) is 4.98 Å². The van der Waals surface area contributed by atoms with Crippen molar-refractivity contribution in [2.75, 3.05) is 25.6 Å². The maximum atomic E-state index is 5.08. The van der Waals surface area contributed by atoms with Gasteiger partial charge in [0.05, 0.1) is 0 Å². The van der Waals surface area contributed by atoms with Crippen LogP contribution in [0.5, 0.6) is 0 Å². The molecule has 108 valence electrons. The predicted molar refractivity (Wildman–Crippen MR) is 78.5 cm³/mol. The molecule has 2 unspecified atom stereocenters. The first-order valence-corrected chi connectivity index (χ1v) is 7.62. The molecular weight excluding hydrogens is 238 g/mol. The number of methoxy groups -OCH3 is 1. The molecule has 0 bridgehead atoms. The van der Waals surface area contributed by atoms with Gasteiger partial charge in [0.15, 0.2) is 0 Å². The Kier molecular flexibility index (Phi) is 5.70. The topological polar surface area (TPSA) is 39.1 Å². The average Bonchev–Trinajstić information content (AvgIpc) is 2.92. The van der Waals surface area contributed by atoms with Crippen LogP contribution < -0.4 is 5.32 Å². The molecule has 2 rings (SSSR count). The molecule has 1 aliphatic rings. The lowest BCUT2D eigenvalue weighted by molar-refractivity contribution is 0.197. The van der Waals surface area contributed by atoms with E-state index in [0.717, 1.165) is 31.4 Å². The maximum absolute atomic E-state index is 5.08. The largest absolute Gasteiger partial charge is 0.385 e. The van der Waals surface area contributed by atoms with Crippen LogP contribution in [0, 0.1) is 5.92 Å². The summed E-state index contributed by atoms with van der Waals surface area (Å²) in [6, 6.07) is 0.631. The van der Waals surface area contributed by atoms with Gasteiger partial charge in [-0.1, -0.05) is 26.2 Å². The molecule has 1 aliphatic carbocycles. The first-order valence-electron chi connectivity index (χ1n) is 7.62. The van der Waals surface area contributed by atoms with Gasteiger partial charge >= 0.3 is 0 Å². The van der Waals surface area contributed by atoms with E-state index in [1.165, 1.54) is 32.1 Å². The number of nitrogens with zero attached hydrogens (tertiary/aromatic N) is 2. The summed E-state index contributed by atoms with van der Waals surface area (Å²) >= 11 is 0. The van der Waals surface area contributed by atoms with Gasteiger partial charge in [-0.2, -0.15) is 0 Å². The molecule has 2 atom stereocenters. The van der Waals surface area contributed by atoms with Gasteiger partial charge in [0.25, 0.3) is 0 Å². The van der Waals surface area contributed by atoms with E-state index in [-0.39, 0.29) is 0 Å². The molecule has 0 saturated heterocycles. The van der Waals surface area contributed by atoms with Crippen molar-refractivity contribution in [2.45, 2.75) is 51.5 Å². The summed E-state index contributed by atoms with van der Waals surface area (Å²) in [4.78, 5) is 4.47. The first-order chi connectivity index (χ1) is 9.36.